The average Bonchev–Trinajstić information content (AvgIpc) is 3.06. The van der Waals surface area contributed by atoms with Crippen LogP contribution in [0, 0.1) is 6.92 Å². The molecule has 0 unspecified atom stereocenters. The molecule has 5 rings (SSSR count). The maximum atomic E-state index is 14.7. The number of halogens is 2. The number of aryl methyl sites for hydroxylation is 1. The number of hydrogen-bond donors (Lipinski definition) is 1. The van der Waals surface area contributed by atoms with Gasteiger partial charge in [-0.15, -0.1) is 0 Å². The Balaban J connectivity index is 1.58. The Morgan fingerprint density at radius 3 is 2.06 bits per heavy atom. The second kappa shape index (κ2) is 15.8. The molecular formula is C37H39Cl2N3O4S. The zero-order valence-corrected chi connectivity index (χ0v) is 28.6. The van der Waals surface area contributed by atoms with E-state index in [1.165, 1.54) is 35.2 Å². The summed E-state index contributed by atoms with van der Waals surface area (Å²) in [6.45, 7) is 1.48. The van der Waals surface area contributed by atoms with Crippen LogP contribution in [0.4, 0.5) is 5.69 Å². The van der Waals surface area contributed by atoms with E-state index in [0.717, 1.165) is 53.1 Å². The molecule has 1 N–H and O–H groups in total. The highest BCUT2D eigenvalue weighted by Gasteiger charge is 2.35. The molecule has 1 atom stereocenters. The van der Waals surface area contributed by atoms with Crippen molar-refractivity contribution in [1.82, 2.24) is 10.2 Å². The van der Waals surface area contributed by atoms with E-state index in [-0.39, 0.29) is 45.5 Å². The third-order valence-electron chi connectivity index (χ3n) is 8.40. The van der Waals surface area contributed by atoms with Crippen LogP contribution in [0.15, 0.2) is 108 Å². The van der Waals surface area contributed by atoms with Crippen molar-refractivity contribution in [2.75, 3.05) is 10.8 Å². The Morgan fingerprint density at radius 2 is 1.43 bits per heavy atom. The molecule has 246 valence electrons. The van der Waals surface area contributed by atoms with Crippen LogP contribution in [0.2, 0.25) is 10.0 Å². The summed E-state index contributed by atoms with van der Waals surface area (Å²) in [6, 6.07) is 28.7. The van der Waals surface area contributed by atoms with Crippen molar-refractivity contribution in [2.45, 2.75) is 69.0 Å². The Hall–Kier alpha value is -3.85. The van der Waals surface area contributed by atoms with Gasteiger partial charge in [0, 0.05) is 29.1 Å². The molecule has 0 heterocycles. The molecule has 1 aliphatic rings. The van der Waals surface area contributed by atoms with E-state index in [0.29, 0.717) is 0 Å². The summed E-state index contributed by atoms with van der Waals surface area (Å²) in [5.74, 6) is -0.799. The van der Waals surface area contributed by atoms with Gasteiger partial charge in [-0.3, -0.25) is 13.9 Å². The Morgan fingerprint density at radius 1 is 0.809 bits per heavy atom. The molecule has 0 aliphatic heterocycles. The first-order valence-corrected chi connectivity index (χ1v) is 18.0. The summed E-state index contributed by atoms with van der Waals surface area (Å²) in [5, 5.41) is 3.67. The zero-order valence-electron chi connectivity index (χ0n) is 26.3. The van der Waals surface area contributed by atoms with E-state index in [1.807, 2.05) is 61.5 Å². The van der Waals surface area contributed by atoms with Gasteiger partial charge in [-0.2, -0.15) is 0 Å². The summed E-state index contributed by atoms with van der Waals surface area (Å²) in [5.41, 5.74) is 2.85. The van der Waals surface area contributed by atoms with Crippen molar-refractivity contribution in [3.8, 4) is 0 Å². The maximum Gasteiger partial charge on any atom is 0.264 e. The minimum Gasteiger partial charge on any atom is -0.352 e. The van der Waals surface area contributed by atoms with Gasteiger partial charge in [0.2, 0.25) is 11.8 Å². The number of amides is 2. The number of carbonyl (C=O) groups excluding carboxylic acids is 2. The van der Waals surface area contributed by atoms with Crippen LogP contribution < -0.4 is 9.62 Å². The molecule has 4 aromatic rings. The number of hydrogen-bond acceptors (Lipinski definition) is 4. The van der Waals surface area contributed by atoms with Crippen LogP contribution in [0.1, 0.15) is 48.8 Å². The van der Waals surface area contributed by atoms with Crippen molar-refractivity contribution >= 4 is 50.7 Å². The highest BCUT2D eigenvalue weighted by Crippen LogP contribution is 2.30. The van der Waals surface area contributed by atoms with Crippen molar-refractivity contribution in [3.05, 3.63) is 130 Å². The molecule has 7 nitrogen and oxygen atoms in total. The molecule has 47 heavy (non-hydrogen) atoms. The lowest BCUT2D eigenvalue weighted by Gasteiger charge is -2.35. The monoisotopic (exact) mass is 691 g/mol. The summed E-state index contributed by atoms with van der Waals surface area (Å²) in [4.78, 5) is 30.4. The quantitative estimate of drug-likeness (QED) is 0.166. The van der Waals surface area contributed by atoms with E-state index < -0.39 is 28.5 Å². The fraction of sp³-hybridized carbons (Fsp3) is 0.297. The Labute approximate surface area is 287 Å². The van der Waals surface area contributed by atoms with E-state index in [1.54, 1.807) is 18.2 Å². The fourth-order valence-electron chi connectivity index (χ4n) is 6.04. The molecule has 10 heteroatoms. The number of nitrogens with zero attached hydrogens (tertiary/aromatic N) is 2. The molecule has 1 saturated carbocycles. The molecule has 0 bridgehead atoms. The fourth-order valence-corrected chi connectivity index (χ4v) is 7.97. The summed E-state index contributed by atoms with van der Waals surface area (Å²) in [7, 11) is -4.26. The van der Waals surface area contributed by atoms with Crippen molar-refractivity contribution in [3.63, 3.8) is 0 Å². The van der Waals surface area contributed by atoms with Gasteiger partial charge in [0.05, 0.1) is 10.6 Å². The predicted molar refractivity (Wildman–Crippen MR) is 188 cm³/mol. The first kappa shape index (κ1) is 34.5. The SMILES string of the molecule is Cc1cccc(CN(C(=O)CN(c2cc(Cl)cc(Cl)c2)S(=O)(=O)c2ccccc2)[C@@H](Cc2ccccc2)C(=O)NC2CCCCC2)c1. The first-order valence-electron chi connectivity index (χ1n) is 15.8. The number of benzene rings is 4. The van der Waals surface area contributed by atoms with E-state index in [2.05, 4.69) is 5.32 Å². The van der Waals surface area contributed by atoms with E-state index in [4.69, 9.17) is 23.2 Å². The minimum atomic E-state index is -4.26. The predicted octanol–water partition coefficient (Wildman–Crippen LogP) is 7.59. The van der Waals surface area contributed by atoms with Gasteiger partial charge >= 0.3 is 0 Å². The lowest BCUT2D eigenvalue weighted by molar-refractivity contribution is -0.140. The number of rotatable bonds is 12. The summed E-state index contributed by atoms with van der Waals surface area (Å²) >= 11 is 12.7. The Bertz CT molecular complexity index is 1760. The van der Waals surface area contributed by atoms with Gasteiger partial charge in [0.1, 0.15) is 12.6 Å². The van der Waals surface area contributed by atoms with Crippen LogP contribution in [-0.2, 0) is 32.6 Å². The third-order valence-corrected chi connectivity index (χ3v) is 10.6. The standard InChI is InChI=1S/C37H39Cl2N3O4S/c1-27-12-11-15-29(20-27)25-41(35(21-28-13-5-2-6-14-28)37(44)40-32-16-7-3-8-17-32)36(43)26-42(33-23-30(38)22-31(39)24-33)47(45,46)34-18-9-4-10-19-34/h2,4-6,9-15,18-20,22-24,32,35H,3,7-8,16-17,21,25-26H2,1H3,(H,40,44)/t35-/m0/s1. The number of nitrogens with one attached hydrogen (secondary N) is 1. The van der Waals surface area contributed by atoms with Crippen LogP contribution in [0.3, 0.4) is 0 Å². The minimum absolute atomic E-state index is 0.00464. The van der Waals surface area contributed by atoms with Crippen LogP contribution >= 0.6 is 23.2 Å². The molecule has 1 fully saturated rings. The summed E-state index contributed by atoms with van der Waals surface area (Å²) < 4.78 is 29.3. The normalized spacial score (nSPS) is 14.3. The van der Waals surface area contributed by atoms with Crippen molar-refractivity contribution in [2.24, 2.45) is 0 Å². The van der Waals surface area contributed by atoms with Gasteiger partial charge in [0.25, 0.3) is 10.0 Å². The molecule has 0 spiro atoms. The van der Waals surface area contributed by atoms with Crippen molar-refractivity contribution < 1.29 is 18.0 Å². The zero-order chi connectivity index (χ0) is 33.4. The van der Waals surface area contributed by atoms with E-state index >= 15 is 0 Å². The van der Waals surface area contributed by atoms with Crippen molar-refractivity contribution in [1.29, 1.82) is 0 Å². The molecule has 0 aromatic heterocycles. The van der Waals surface area contributed by atoms with Gasteiger partial charge < -0.3 is 10.2 Å². The molecule has 0 saturated heterocycles. The first-order chi connectivity index (χ1) is 22.6. The molecule has 0 radical (unpaired) electrons. The number of sulfonamides is 1. The topological polar surface area (TPSA) is 86.8 Å². The lowest BCUT2D eigenvalue weighted by Crippen LogP contribution is -2.55. The smallest absolute Gasteiger partial charge is 0.264 e. The van der Waals surface area contributed by atoms with E-state index in [9.17, 15) is 18.0 Å². The number of carbonyl (C=O) groups is 2. The van der Waals surface area contributed by atoms with Gasteiger partial charge in [0.15, 0.2) is 0 Å². The maximum absolute atomic E-state index is 14.7. The molecule has 2 amide bonds. The summed E-state index contributed by atoms with van der Waals surface area (Å²) in [6.07, 6.45) is 5.23. The number of anilines is 1. The second-order valence-corrected chi connectivity index (χ2v) is 14.7. The molecular weight excluding hydrogens is 653 g/mol. The van der Waals surface area contributed by atoms with Crippen LogP contribution in [0.25, 0.3) is 0 Å². The second-order valence-electron chi connectivity index (χ2n) is 12.0. The lowest BCUT2D eigenvalue weighted by atomic mass is 9.94. The van der Waals surface area contributed by atoms with Gasteiger partial charge in [-0.25, -0.2) is 8.42 Å². The van der Waals surface area contributed by atoms with Crippen LogP contribution in [0.5, 0.6) is 0 Å². The van der Waals surface area contributed by atoms with Crippen LogP contribution in [-0.4, -0.2) is 43.8 Å². The van der Waals surface area contributed by atoms with Gasteiger partial charge in [-0.1, -0.05) is 121 Å². The highest BCUT2D eigenvalue weighted by atomic mass is 35.5. The average molecular weight is 693 g/mol. The molecule has 1 aliphatic carbocycles. The highest BCUT2D eigenvalue weighted by molar-refractivity contribution is 7.92. The largest absolute Gasteiger partial charge is 0.352 e. The third kappa shape index (κ3) is 9.15. The van der Waals surface area contributed by atoms with Gasteiger partial charge in [-0.05, 0) is 61.2 Å². The molecule has 4 aromatic carbocycles. The Kier molecular flexibility index (Phi) is 11.6.